The number of thiophene rings is 1. The smallest absolute Gasteiger partial charge is 0.223 e. The molecule has 1 fully saturated rings. The molecule has 0 saturated carbocycles. The molecule has 3 aromatic rings. The van der Waals surface area contributed by atoms with Gasteiger partial charge in [-0.15, -0.1) is 11.3 Å². The van der Waals surface area contributed by atoms with E-state index in [1.165, 1.54) is 21.6 Å². The average Bonchev–Trinajstić information content (AvgIpc) is 3.21. The first-order chi connectivity index (χ1) is 15.1. The molecule has 3 heterocycles. The maximum atomic E-state index is 4.85. The van der Waals surface area contributed by atoms with Crippen molar-refractivity contribution in [2.45, 2.75) is 71.5 Å². The summed E-state index contributed by atoms with van der Waals surface area (Å²) in [5.74, 6) is 0.710. The molecule has 168 valence electrons. The lowest BCUT2D eigenvalue weighted by Gasteiger charge is -2.46. The van der Waals surface area contributed by atoms with Crippen molar-refractivity contribution < 1.29 is 0 Å². The monoisotopic (exact) mass is 446 g/mol. The molecular formula is C27H34N4S. The Labute approximate surface area is 196 Å². The van der Waals surface area contributed by atoms with Gasteiger partial charge in [-0.25, -0.2) is 9.97 Å². The molecule has 0 unspecified atom stereocenters. The maximum Gasteiger partial charge on any atom is 0.223 e. The predicted molar refractivity (Wildman–Crippen MR) is 138 cm³/mol. The summed E-state index contributed by atoms with van der Waals surface area (Å²) in [6.45, 7) is 13.3. The van der Waals surface area contributed by atoms with Gasteiger partial charge in [-0.3, -0.25) is 0 Å². The zero-order valence-corrected chi connectivity index (χ0v) is 20.8. The SMILES string of the molecule is C/C=C(/C)c1ccc(-c2ccc(-c3ccnc(NC4CC(C)(C)NC(C)(C)C4)n3)s2)cc1. The van der Waals surface area contributed by atoms with Gasteiger partial charge in [0.05, 0.1) is 10.6 Å². The van der Waals surface area contributed by atoms with E-state index in [0.717, 1.165) is 23.4 Å². The topological polar surface area (TPSA) is 49.8 Å². The van der Waals surface area contributed by atoms with Gasteiger partial charge in [0.2, 0.25) is 5.95 Å². The van der Waals surface area contributed by atoms with E-state index < -0.39 is 0 Å². The normalized spacial score (nSPS) is 18.5. The van der Waals surface area contributed by atoms with Crippen molar-refractivity contribution >= 4 is 22.9 Å². The Morgan fingerprint density at radius 2 is 1.66 bits per heavy atom. The summed E-state index contributed by atoms with van der Waals surface area (Å²) < 4.78 is 0. The zero-order chi connectivity index (χ0) is 22.9. The summed E-state index contributed by atoms with van der Waals surface area (Å²) in [5, 5.41) is 7.33. The highest BCUT2D eigenvalue weighted by molar-refractivity contribution is 7.18. The Morgan fingerprint density at radius 3 is 2.31 bits per heavy atom. The van der Waals surface area contributed by atoms with E-state index in [9.17, 15) is 0 Å². The summed E-state index contributed by atoms with van der Waals surface area (Å²) in [7, 11) is 0. The highest BCUT2D eigenvalue weighted by atomic mass is 32.1. The number of benzene rings is 1. The van der Waals surface area contributed by atoms with E-state index >= 15 is 0 Å². The minimum atomic E-state index is 0.0840. The quantitative estimate of drug-likeness (QED) is 0.442. The fraction of sp³-hybridized carbons (Fsp3) is 0.407. The van der Waals surface area contributed by atoms with Crippen molar-refractivity contribution in [2.75, 3.05) is 5.32 Å². The van der Waals surface area contributed by atoms with Crippen LogP contribution in [0.3, 0.4) is 0 Å². The second-order valence-corrected chi connectivity index (χ2v) is 11.2. The Hall–Kier alpha value is -2.50. The van der Waals surface area contributed by atoms with Gasteiger partial charge in [-0.1, -0.05) is 30.3 Å². The highest BCUT2D eigenvalue weighted by Crippen LogP contribution is 2.35. The van der Waals surface area contributed by atoms with E-state index in [-0.39, 0.29) is 11.1 Å². The number of nitrogens with zero attached hydrogens (tertiary/aromatic N) is 2. The molecule has 0 aliphatic carbocycles. The number of aromatic nitrogens is 2. The standard InChI is InChI=1S/C27H34N4S/c1-7-18(2)19-8-10-20(11-9-19)23-12-13-24(32-23)22-14-15-28-25(30-22)29-21-16-26(3,4)31-27(5,6)17-21/h7-15,21,31H,16-17H2,1-6H3,(H,28,29,30)/b18-7-. The van der Waals surface area contributed by atoms with Crippen molar-refractivity contribution in [3.05, 3.63) is 60.3 Å². The van der Waals surface area contributed by atoms with Gasteiger partial charge in [-0.05, 0) is 89.3 Å². The van der Waals surface area contributed by atoms with Crippen LogP contribution in [-0.2, 0) is 0 Å². The molecule has 0 amide bonds. The molecule has 0 radical (unpaired) electrons. The molecule has 4 nitrogen and oxygen atoms in total. The summed E-state index contributed by atoms with van der Waals surface area (Å²) >= 11 is 1.77. The van der Waals surface area contributed by atoms with Crippen LogP contribution in [0, 0.1) is 0 Å². The van der Waals surface area contributed by atoms with E-state index in [1.54, 1.807) is 11.3 Å². The Bertz CT molecular complexity index is 1090. The van der Waals surface area contributed by atoms with Gasteiger partial charge in [-0.2, -0.15) is 0 Å². The van der Waals surface area contributed by atoms with Crippen molar-refractivity contribution in [1.82, 2.24) is 15.3 Å². The Kier molecular flexibility index (Phi) is 6.24. The second-order valence-electron chi connectivity index (χ2n) is 10.1. The Balaban J connectivity index is 1.51. The first kappa shape index (κ1) is 22.7. The lowest BCUT2D eigenvalue weighted by molar-refractivity contribution is 0.170. The molecule has 0 atom stereocenters. The minimum absolute atomic E-state index is 0.0840. The summed E-state index contributed by atoms with van der Waals surface area (Å²) in [6.07, 6.45) is 6.08. The predicted octanol–water partition coefficient (Wildman–Crippen LogP) is 7.02. The van der Waals surface area contributed by atoms with Gasteiger partial charge in [0.15, 0.2) is 0 Å². The van der Waals surface area contributed by atoms with Crippen LogP contribution in [0.2, 0.25) is 0 Å². The van der Waals surface area contributed by atoms with E-state index in [0.29, 0.717) is 12.0 Å². The first-order valence-corrected chi connectivity index (χ1v) is 12.2. The lowest BCUT2D eigenvalue weighted by atomic mass is 9.80. The Morgan fingerprint density at radius 1 is 1.00 bits per heavy atom. The van der Waals surface area contributed by atoms with Crippen LogP contribution in [0.1, 0.15) is 59.9 Å². The first-order valence-electron chi connectivity index (χ1n) is 11.4. The van der Waals surface area contributed by atoms with Crippen LogP contribution in [-0.4, -0.2) is 27.1 Å². The summed E-state index contributed by atoms with van der Waals surface area (Å²) in [6, 6.07) is 15.5. The van der Waals surface area contributed by atoms with Crippen molar-refractivity contribution in [2.24, 2.45) is 0 Å². The van der Waals surface area contributed by atoms with Crippen molar-refractivity contribution in [1.29, 1.82) is 0 Å². The number of allylic oxidation sites excluding steroid dienone is 2. The van der Waals surface area contributed by atoms with Crippen molar-refractivity contribution in [3.63, 3.8) is 0 Å². The molecule has 0 spiro atoms. The number of nitrogens with one attached hydrogen (secondary N) is 2. The molecule has 2 aromatic heterocycles. The van der Waals surface area contributed by atoms with E-state index in [2.05, 4.69) is 99.6 Å². The third kappa shape index (κ3) is 5.28. The fourth-order valence-corrected chi connectivity index (χ4v) is 5.85. The van der Waals surface area contributed by atoms with E-state index in [1.807, 2.05) is 12.3 Å². The number of anilines is 1. The molecule has 1 aliphatic heterocycles. The molecule has 1 saturated heterocycles. The molecular weight excluding hydrogens is 412 g/mol. The van der Waals surface area contributed by atoms with Gasteiger partial charge in [0.1, 0.15) is 0 Å². The van der Waals surface area contributed by atoms with Gasteiger partial charge < -0.3 is 10.6 Å². The highest BCUT2D eigenvalue weighted by Gasteiger charge is 2.37. The van der Waals surface area contributed by atoms with E-state index in [4.69, 9.17) is 4.98 Å². The molecule has 32 heavy (non-hydrogen) atoms. The molecule has 1 aromatic carbocycles. The number of hydrogen-bond acceptors (Lipinski definition) is 5. The zero-order valence-electron chi connectivity index (χ0n) is 20.0. The van der Waals surface area contributed by atoms with Gasteiger partial charge in [0.25, 0.3) is 0 Å². The molecule has 5 heteroatoms. The lowest BCUT2D eigenvalue weighted by Crippen LogP contribution is -2.60. The fourth-order valence-electron chi connectivity index (χ4n) is 4.87. The summed E-state index contributed by atoms with van der Waals surface area (Å²) in [5.41, 5.74) is 4.93. The van der Waals surface area contributed by atoms with Crippen LogP contribution in [0.4, 0.5) is 5.95 Å². The van der Waals surface area contributed by atoms with Crippen LogP contribution in [0.25, 0.3) is 26.6 Å². The molecule has 2 N–H and O–H groups in total. The third-order valence-electron chi connectivity index (χ3n) is 6.10. The largest absolute Gasteiger partial charge is 0.351 e. The third-order valence-corrected chi connectivity index (χ3v) is 7.25. The van der Waals surface area contributed by atoms with Crippen molar-refractivity contribution in [3.8, 4) is 21.0 Å². The van der Waals surface area contributed by atoms with Crippen LogP contribution >= 0.6 is 11.3 Å². The molecule has 0 bridgehead atoms. The number of hydrogen-bond donors (Lipinski definition) is 2. The minimum Gasteiger partial charge on any atom is -0.351 e. The van der Waals surface area contributed by atoms with Crippen LogP contribution in [0.15, 0.2) is 54.7 Å². The van der Waals surface area contributed by atoms with Crippen LogP contribution in [0.5, 0.6) is 0 Å². The van der Waals surface area contributed by atoms with Crippen LogP contribution < -0.4 is 10.6 Å². The van der Waals surface area contributed by atoms with Gasteiger partial charge in [0, 0.05) is 28.2 Å². The summed E-state index contributed by atoms with van der Waals surface area (Å²) in [4.78, 5) is 11.8. The second kappa shape index (κ2) is 8.80. The average molecular weight is 447 g/mol. The number of piperidine rings is 1. The maximum absolute atomic E-state index is 4.85. The number of rotatable bonds is 5. The van der Waals surface area contributed by atoms with Gasteiger partial charge >= 0.3 is 0 Å². The molecule has 4 rings (SSSR count). The molecule has 1 aliphatic rings.